The molecule has 3 heteroatoms. The Morgan fingerprint density at radius 1 is 0.786 bits per heavy atom. The summed E-state index contributed by atoms with van der Waals surface area (Å²) < 4.78 is 11.0. The number of aromatic hydroxyl groups is 1. The van der Waals surface area contributed by atoms with Crippen molar-refractivity contribution < 1.29 is 14.6 Å². The Labute approximate surface area is 164 Å². The van der Waals surface area contributed by atoms with E-state index in [-0.39, 0.29) is 5.92 Å². The third-order valence-electron chi connectivity index (χ3n) is 5.98. The molecule has 0 bridgehead atoms. The maximum Gasteiger partial charge on any atom is 0.119 e. The topological polar surface area (TPSA) is 38.7 Å². The summed E-state index contributed by atoms with van der Waals surface area (Å²) in [5, 5.41) is 9.77. The molecule has 0 fully saturated rings. The van der Waals surface area contributed by atoms with Crippen LogP contribution in [0.5, 0.6) is 17.2 Å². The van der Waals surface area contributed by atoms with Gasteiger partial charge >= 0.3 is 0 Å². The Kier molecular flexibility index (Phi) is 3.90. The van der Waals surface area contributed by atoms with Crippen LogP contribution in [0.2, 0.25) is 0 Å². The van der Waals surface area contributed by atoms with E-state index in [4.69, 9.17) is 9.47 Å². The van der Waals surface area contributed by atoms with Gasteiger partial charge < -0.3 is 14.6 Å². The number of phenols is 1. The molecule has 1 N–H and O–H groups in total. The van der Waals surface area contributed by atoms with Crippen molar-refractivity contribution >= 4 is 11.1 Å². The lowest BCUT2D eigenvalue weighted by atomic mass is 9.79. The van der Waals surface area contributed by atoms with Crippen LogP contribution in [0.3, 0.4) is 0 Å². The molecule has 0 saturated heterocycles. The molecule has 0 amide bonds. The van der Waals surface area contributed by atoms with Gasteiger partial charge in [-0.3, -0.25) is 0 Å². The lowest BCUT2D eigenvalue weighted by Gasteiger charge is -2.24. The molecular weight excluding hydrogens is 348 g/mol. The summed E-state index contributed by atoms with van der Waals surface area (Å²) in [5.74, 6) is 2.24. The van der Waals surface area contributed by atoms with Crippen LogP contribution in [0.15, 0.2) is 60.7 Å². The second kappa shape index (κ2) is 6.45. The molecule has 0 aromatic heterocycles. The van der Waals surface area contributed by atoms with Crippen molar-refractivity contribution in [1.29, 1.82) is 0 Å². The molecule has 28 heavy (non-hydrogen) atoms. The number of hydrogen-bond donors (Lipinski definition) is 1. The molecule has 3 aromatic rings. The molecular formula is C25H22O3. The van der Waals surface area contributed by atoms with Gasteiger partial charge in [0.2, 0.25) is 0 Å². The smallest absolute Gasteiger partial charge is 0.119 e. The highest BCUT2D eigenvalue weighted by molar-refractivity contribution is 6.03. The zero-order valence-electron chi connectivity index (χ0n) is 16.0. The SMILES string of the molecule is COc1ccc2c(c1)CCC1=C2C(c2ccc(O)cc2)c2ccc(OC)cc21. The van der Waals surface area contributed by atoms with Gasteiger partial charge in [-0.25, -0.2) is 0 Å². The summed E-state index contributed by atoms with van der Waals surface area (Å²) >= 11 is 0. The number of aryl methyl sites for hydroxylation is 1. The zero-order valence-corrected chi connectivity index (χ0v) is 16.0. The van der Waals surface area contributed by atoms with Crippen molar-refractivity contribution in [3.05, 3.63) is 88.5 Å². The van der Waals surface area contributed by atoms with Crippen LogP contribution in [-0.2, 0) is 6.42 Å². The Morgan fingerprint density at radius 3 is 2.25 bits per heavy atom. The highest BCUT2D eigenvalue weighted by Crippen LogP contribution is 2.55. The highest BCUT2D eigenvalue weighted by Gasteiger charge is 2.36. The third kappa shape index (κ3) is 2.50. The van der Waals surface area contributed by atoms with Gasteiger partial charge in [0.25, 0.3) is 0 Å². The van der Waals surface area contributed by atoms with E-state index in [1.54, 1.807) is 26.4 Å². The molecule has 1 atom stereocenters. The summed E-state index contributed by atoms with van der Waals surface area (Å²) in [6.45, 7) is 0. The van der Waals surface area contributed by atoms with E-state index >= 15 is 0 Å². The van der Waals surface area contributed by atoms with Crippen molar-refractivity contribution in [2.24, 2.45) is 0 Å². The summed E-state index contributed by atoms with van der Waals surface area (Å²) in [4.78, 5) is 0. The van der Waals surface area contributed by atoms with E-state index in [9.17, 15) is 5.11 Å². The lowest BCUT2D eigenvalue weighted by Crippen LogP contribution is -2.07. The van der Waals surface area contributed by atoms with Crippen LogP contribution >= 0.6 is 0 Å². The second-order valence-electron chi connectivity index (χ2n) is 7.39. The average molecular weight is 370 g/mol. The second-order valence-corrected chi connectivity index (χ2v) is 7.39. The first kappa shape index (κ1) is 16.9. The Hall–Kier alpha value is -3.20. The van der Waals surface area contributed by atoms with E-state index in [2.05, 4.69) is 24.3 Å². The number of ether oxygens (including phenoxy) is 2. The van der Waals surface area contributed by atoms with Gasteiger partial charge in [0.05, 0.1) is 14.2 Å². The van der Waals surface area contributed by atoms with Crippen molar-refractivity contribution in [1.82, 2.24) is 0 Å². The van der Waals surface area contributed by atoms with Crippen molar-refractivity contribution in [3.63, 3.8) is 0 Å². The van der Waals surface area contributed by atoms with Crippen LogP contribution in [0.4, 0.5) is 0 Å². The standard InChI is InChI=1S/C25H22O3/c1-27-18-8-11-20-16(13-18)5-10-22-23-14-19(28-2)9-12-21(23)24(25(20)22)15-3-6-17(26)7-4-15/h3-4,6-9,11-14,24,26H,5,10H2,1-2H3. The number of methoxy groups -OCH3 is 2. The number of phenolic OH excluding ortho intramolecular Hbond substituents is 1. The van der Waals surface area contributed by atoms with Gasteiger partial charge in [0.1, 0.15) is 17.2 Å². The zero-order chi connectivity index (χ0) is 19.3. The minimum absolute atomic E-state index is 0.156. The first-order valence-corrected chi connectivity index (χ1v) is 9.57. The third-order valence-corrected chi connectivity index (χ3v) is 5.98. The maximum atomic E-state index is 9.77. The minimum Gasteiger partial charge on any atom is -0.508 e. The number of fused-ring (bicyclic) bond motifs is 4. The van der Waals surface area contributed by atoms with E-state index < -0.39 is 0 Å². The normalized spacial score (nSPS) is 17.0. The van der Waals surface area contributed by atoms with E-state index in [1.165, 1.54) is 39.0 Å². The molecule has 0 aliphatic heterocycles. The fraction of sp³-hybridized carbons (Fsp3) is 0.200. The Morgan fingerprint density at radius 2 is 1.50 bits per heavy atom. The molecule has 5 rings (SSSR count). The van der Waals surface area contributed by atoms with E-state index in [0.29, 0.717) is 5.75 Å². The quantitative estimate of drug-likeness (QED) is 0.670. The van der Waals surface area contributed by atoms with Crippen molar-refractivity contribution in [2.45, 2.75) is 18.8 Å². The largest absolute Gasteiger partial charge is 0.508 e. The molecule has 0 saturated carbocycles. The van der Waals surface area contributed by atoms with Crippen molar-refractivity contribution in [3.8, 4) is 17.2 Å². The molecule has 0 heterocycles. The number of hydrogen-bond acceptors (Lipinski definition) is 3. The molecule has 2 aliphatic carbocycles. The lowest BCUT2D eigenvalue weighted by molar-refractivity contribution is 0.414. The molecule has 3 aromatic carbocycles. The van der Waals surface area contributed by atoms with Crippen molar-refractivity contribution in [2.75, 3.05) is 14.2 Å². The highest BCUT2D eigenvalue weighted by atomic mass is 16.5. The van der Waals surface area contributed by atoms with Crippen LogP contribution in [0.25, 0.3) is 11.1 Å². The van der Waals surface area contributed by atoms with Crippen LogP contribution in [-0.4, -0.2) is 19.3 Å². The molecule has 2 aliphatic rings. The summed E-state index contributed by atoms with van der Waals surface area (Å²) in [6, 6.07) is 20.4. The van der Waals surface area contributed by atoms with Gasteiger partial charge in [-0.1, -0.05) is 24.3 Å². The monoisotopic (exact) mass is 370 g/mol. The van der Waals surface area contributed by atoms with Gasteiger partial charge in [-0.15, -0.1) is 0 Å². The van der Waals surface area contributed by atoms with Gasteiger partial charge in [0.15, 0.2) is 0 Å². The summed E-state index contributed by atoms with van der Waals surface area (Å²) in [5.41, 5.74) is 9.20. The fourth-order valence-corrected chi connectivity index (χ4v) is 4.68. The number of benzene rings is 3. The van der Waals surface area contributed by atoms with E-state index in [0.717, 1.165) is 24.3 Å². The van der Waals surface area contributed by atoms with Crippen LogP contribution in [0, 0.1) is 0 Å². The van der Waals surface area contributed by atoms with Gasteiger partial charge in [-0.05, 0) is 88.2 Å². The molecule has 3 nitrogen and oxygen atoms in total. The summed E-state index contributed by atoms with van der Waals surface area (Å²) in [7, 11) is 3.43. The average Bonchev–Trinajstić information content (AvgIpc) is 3.07. The molecule has 140 valence electrons. The Balaban J connectivity index is 1.75. The predicted molar refractivity (Wildman–Crippen MR) is 111 cm³/mol. The first-order chi connectivity index (χ1) is 13.7. The number of rotatable bonds is 3. The maximum absolute atomic E-state index is 9.77. The first-order valence-electron chi connectivity index (χ1n) is 9.57. The predicted octanol–water partition coefficient (Wildman–Crippen LogP) is 5.41. The molecule has 0 spiro atoms. The fourth-order valence-electron chi connectivity index (χ4n) is 4.68. The van der Waals surface area contributed by atoms with Crippen LogP contribution < -0.4 is 9.47 Å². The summed E-state index contributed by atoms with van der Waals surface area (Å²) in [6.07, 6.45) is 2.01. The molecule has 0 radical (unpaired) electrons. The van der Waals surface area contributed by atoms with Gasteiger partial charge in [-0.2, -0.15) is 0 Å². The number of allylic oxidation sites excluding steroid dienone is 2. The minimum atomic E-state index is 0.156. The van der Waals surface area contributed by atoms with E-state index in [1.807, 2.05) is 24.3 Å². The van der Waals surface area contributed by atoms with Crippen LogP contribution in [0.1, 0.15) is 40.2 Å². The van der Waals surface area contributed by atoms with Gasteiger partial charge in [0, 0.05) is 5.92 Å². The Bertz CT molecular complexity index is 1090. The molecule has 1 unspecified atom stereocenters.